The number of carbonyl (C=O) groups excluding carboxylic acids is 1. The van der Waals surface area contributed by atoms with Gasteiger partial charge in [0.25, 0.3) is 5.91 Å². The first-order valence-electron chi connectivity index (χ1n) is 6.96. The lowest BCUT2D eigenvalue weighted by Crippen LogP contribution is -2.26. The van der Waals surface area contributed by atoms with Crippen molar-refractivity contribution in [1.29, 1.82) is 0 Å². The summed E-state index contributed by atoms with van der Waals surface area (Å²) in [7, 11) is 0. The quantitative estimate of drug-likeness (QED) is 0.799. The maximum absolute atomic E-state index is 12.3. The number of nitrogens with one attached hydrogen (secondary N) is 1. The van der Waals surface area contributed by atoms with Gasteiger partial charge in [0.2, 0.25) is 0 Å². The van der Waals surface area contributed by atoms with Gasteiger partial charge < -0.3 is 5.32 Å². The van der Waals surface area contributed by atoms with Gasteiger partial charge in [0, 0.05) is 23.3 Å². The van der Waals surface area contributed by atoms with Gasteiger partial charge in [0.05, 0.1) is 6.04 Å². The van der Waals surface area contributed by atoms with E-state index in [2.05, 4.69) is 15.3 Å². The molecule has 4 nitrogen and oxygen atoms in total. The lowest BCUT2D eigenvalue weighted by Gasteiger charge is -2.13. The van der Waals surface area contributed by atoms with E-state index in [-0.39, 0.29) is 11.9 Å². The van der Waals surface area contributed by atoms with Gasteiger partial charge in [0.15, 0.2) is 0 Å². The zero-order chi connectivity index (χ0) is 15.4. The minimum absolute atomic E-state index is 0.0581. The number of amides is 1. The third-order valence-corrected chi connectivity index (χ3v) is 4.18. The third-order valence-electron chi connectivity index (χ3n) is 3.29. The maximum Gasteiger partial charge on any atom is 0.271 e. The summed E-state index contributed by atoms with van der Waals surface area (Å²) in [4.78, 5) is 20.8. The molecule has 0 bridgehead atoms. The van der Waals surface area contributed by atoms with E-state index in [0.29, 0.717) is 5.69 Å². The van der Waals surface area contributed by atoms with Crippen molar-refractivity contribution in [1.82, 2.24) is 15.3 Å². The summed E-state index contributed by atoms with van der Waals surface area (Å²) in [5.41, 5.74) is 2.42. The highest BCUT2D eigenvalue weighted by molar-refractivity contribution is 7.13. The van der Waals surface area contributed by atoms with Crippen LogP contribution >= 0.6 is 11.3 Å². The van der Waals surface area contributed by atoms with Crippen molar-refractivity contribution in [3.05, 3.63) is 71.5 Å². The van der Waals surface area contributed by atoms with E-state index in [4.69, 9.17) is 0 Å². The number of rotatable bonds is 4. The summed E-state index contributed by atoms with van der Waals surface area (Å²) in [5, 5.41) is 5.54. The SMILES string of the molecule is C[C@H](NC(=O)c1csc(-c2cccnc2)n1)c1ccccc1. The fourth-order valence-corrected chi connectivity index (χ4v) is 2.89. The van der Waals surface area contributed by atoms with Crippen molar-refractivity contribution in [3.8, 4) is 10.6 Å². The van der Waals surface area contributed by atoms with Crippen LogP contribution in [0, 0.1) is 0 Å². The molecule has 2 aromatic heterocycles. The van der Waals surface area contributed by atoms with Crippen LogP contribution in [-0.4, -0.2) is 15.9 Å². The Bertz CT molecular complexity index is 756. The molecular formula is C17H15N3OS. The van der Waals surface area contributed by atoms with Gasteiger partial charge in [-0.15, -0.1) is 11.3 Å². The van der Waals surface area contributed by atoms with Crippen LogP contribution in [0.3, 0.4) is 0 Å². The molecule has 0 unspecified atom stereocenters. The number of hydrogen-bond donors (Lipinski definition) is 1. The predicted molar refractivity (Wildman–Crippen MR) is 87.7 cm³/mol. The molecule has 0 aliphatic rings. The summed E-state index contributed by atoms with van der Waals surface area (Å²) in [6.45, 7) is 1.96. The number of carbonyl (C=O) groups is 1. The van der Waals surface area contributed by atoms with E-state index < -0.39 is 0 Å². The van der Waals surface area contributed by atoms with Gasteiger partial charge in [-0.1, -0.05) is 30.3 Å². The molecule has 2 heterocycles. The first-order valence-corrected chi connectivity index (χ1v) is 7.84. The number of aromatic nitrogens is 2. The molecule has 1 amide bonds. The molecule has 0 spiro atoms. The van der Waals surface area contributed by atoms with Gasteiger partial charge in [-0.05, 0) is 24.6 Å². The molecule has 0 aliphatic carbocycles. The molecule has 1 N–H and O–H groups in total. The first kappa shape index (κ1) is 14.4. The van der Waals surface area contributed by atoms with Crippen molar-refractivity contribution < 1.29 is 4.79 Å². The lowest BCUT2D eigenvalue weighted by molar-refractivity contribution is 0.0935. The van der Waals surface area contributed by atoms with Gasteiger partial charge in [0.1, 0.15) is 10.7 Å². The second kappa shape index (κ2) is 6.49. The molecule has 5 heteroatoms. The fraction of sp³-hybridized carbons (Fsp3) is 0.118. The van der Waals surface area contributed by atoms with Crippen LogP contribution in [0.15, 0.2) is 60.2 Å². The highest BCUT2D eigenvalue weighted by Gasteiger charge is 2.15. The average molecular weight is 309 g/mol. The molecule has 22 heavy (non-hydrogen) atoms. The summed E-state index contributed by atoms with van der Waals surface area (Å²) >= 11 is 1.44. The molecular weight excluding hydrogens is 294 g/mol. The predicted octanol–water partition coefficient (Wildman–Crippen LogP) is 3.70. The third kappa shape index (κ3) is 3.20. The Balaban J connectivity index is 1.72. The Morgan fingerprint density at radius 2 is 2.00 bits per heavy atom. The second-order valence-corrected chi connectivity index (χ2v) is 5.74. The molecule has 0 fully saturated rings. The molecule has 110 valence electrons. The Morgan fingerprint density at radius 1 is 1.18 bits per heavy atom. The highest BCUT2D eigenvalue weighted by atomic mass is 32.1. The number of thiazole rings is 1. The van der Waals surface area contributed by atoms with E-state index in [9.17, 15) is 4.79 Å². The molecule has 0 saturated carbocycles. The van der Waals surface area contributed by atoms with Crippen molar-refractivity contribution >= 4 is 17.2 Å². The molecule has 1 aromatic carbocycles. The molecule has 3 rings (SSSR count). The van der Waals surface area contributed by atoms with E-state index in [1.54, 1.807) is 17.8 Å². The van der Waals surface area contributed by atoms with E-state index in [1.165, 1.54) is 11.3 Å². The Labute approximate surface area is 132 Å². The monoisotopic (exact) mass is 309 g/mol. The zero-order valence-electron chi connectivity index (χ0n) is 12.1. The largest absolute Gasteiger partial charge is 0.344 e. The highest BCUT2D eigenvalue weighted by Crippen LogP contribution is 2.23. The Hall–Kier alpha value is -2.53. The van der Waals surface area contributed by atoms with Crippen LogP contribution in [0.25, 0.3) is 10.6 Å². The van der Waals surface area contributed by atoms with Crippen molar-refractivity contribution in [3.63, 3.8) is 0 Å². The van der Waals surface area contributed by atoms with Crippen LogP contribution in [0.2, 0.25) is 0 Å². The second-order valence-electron chi connectivity index (χ2n) is 4.89. The van der Waals surface area contributed by atoms with Gasteiger partial charge in [-0.3, -0.25) is 9.78 Å². The summed E-state index contributed by atoms with van der Waals surface area (Å²) in [5.74, 6) is -0.164. The van der Waals surface area contributed by atoms with Gasteiger partial charge in [-0.25, -0.2) is 4.98 Å². The van der Waals surface area contributed by atoms with E-state index in [0.717, 1.165) is 16.1 Å². The number of hydrogen-bond acceptors (Lipinski definition) is 4. The number of benzene rings is 1. The van der Waals surface area contributed by atoms with Crippen LogP contribution in [0.1, 0.15) is 29.0 Å². The van der Waals surface area contributed by atoms with Gasteiger partial charge >= 0.3 is 0 Å². The average Bonchev–Trinajstić information content (AvgIpc) is 3.06. The van der Waals surface area contributed by atoms with Crippen LogP contribution in [-0.2, 0) is 0 Å². The standard InChI is InChI=1S/C17H15N3OS/c1-12(13-6-3-2-4-7-13)19-16(21)15-11-22-17(20-15)14-8-5-9-18-10-14/h2-12H,1H3,(H,19,21)/t12-/m0/s1. The Kier molecular flexibility index (Phi) is 4.25. The molecule has 1 atom stereocenters. The normalized spacial score (nSPS) is 11.9. The zero-order valence-corrected chi connectivity index (χ0v) is 12.9. The van der Waals surface area contributed by atoms with Crippen molar-refractivity contribution in [2.24, 2.45) is 0 Å². The maximum atomic E-state index is 12.3. The van der Waals surface area contributed by atoms with Crippen molar-refractivity contribution in [2.45, 2.75) is 13.0 Å². The lowest BCUT2D eigenvalue weighted by atomic mass is 10.1. The topological polar surface area (TPSA) is 54.9 Å². The fourth-order valence-electron chi connectivity index (χ4n) is 2.10. The minimum atomic E-state index is -0.164. The summed E-state index contributed by atoms with van der Waals surface area (Å²) in [6.07, 6.45) is 3.46. The van der Waals surface area contributed by atoms with Crippen LogP contribution < -0.4 is 5.32 Å². The van der Waals surface area contributed by atoms with E-state index >= 15 is 0 Å². The summed E-state index contributed by atoms with van der Waals surface area (Å²) < 4.78 is 0. The van der Waals surface area contributed by atoms with Crippen molar-refractivity contribution in [2.75, 3.05) is 0 Å². The van der Waals surface area contributed by atoms with Crippen LogP contribution in [0.5, 0.6) is 0 Å². The minimum Gasteiger partial charge on any atom is -0.344 e. The smallest absolute Gasteiger partial charge is 0.271 e. The summed E-state index contributed by atoms with van der Waals surface area (Å²) in [6, 6.07) is 13.6. The van der Waals surface area contributed by atoms with E-state index in [1.807, 2.05) is 49.4 Å². The molecule has 0 radical (unpaired) electrons. The molecule has 3 aromatic rings. The van der Waals surface area contributed by atoms with Crippen LogP contribution in [0.4, 0.5) is 0 Å². The number of pyridine rings is 1. The first-order chi connectivity index (χ1) is 10.7. The van der Waals surface area contributed by atoms with Gasteiger partial charge in [-0.2, -0.15) is 0 Å². The number of nitrogens with zero attached hydrogens (tertiary/aromatic N) is 2. The Morgan fingerprint density at radius 3 is 2.73 bits per heavy atom. The molecule has 0 saturated heterocycles. The molecule has 0 aliphatic heterocycles.